The minimum absolute atomic E-state index is 0.118. The van der Waals surface area contributed by atoms with Gasteiger partial charge in [-0.1, -0.05) is 29.3 Å². The molecule has 2 rings (SSSR count). The summed E-state index contributed by atoms with van der Waals surface area (Å²) in [5, 5.41) is 12.6. The van der Waals surface area contributed by atoms with Crippen LogP contribution in [0.2, 0.25) is 10.0 Å². The standard InChI is InChI=1S/C13H10Cl2O3S/c1-2-18-13(17)9-6-19-12(11(9)16)8-4-3-7(14)5-10(8)15/h3-6,16H,2H2,1H3. The fraction of sp³-hybridized carbons (Fsp3) is 0.154. The van der Waals surface area contributed by atoms with Gasteiger partial charge in [0, 0.05) is 16.0 Å². The van der Waals surface area contributed by atoms with Crippen molar-refractivity contribution < 1.29 is 14.6 Å². The summed E-state index contributed by atoms with van der Waals surface area (Å²) in [5.74, 6) is -0.666. The quantitative estimate of drug-likeness (QED) is 0.841. The Morgan fingerprint density at radius 3 is 2.79 bits per heavy atom. The molecule has 0 saturated heterocycles. The second-order valence-corrected chi connectivity index (χ2v) is 5.40. The predicted octanol–water partition coefficient (Wildman–Crippen LogP) is 4.60. The molecule has 0 spiro atoms. The number of ether oxygens (including phenoxy) is 1. The van der Waals surface area contributed by atoms with Gasteiger partial charge in [-0.25, -0.2) is 4.79 Å². The van der Waals surface area contributed by atoms with Crippen molar-refractivity contribution in [1.82, 2.24) is 0 Å². The summed E-state index contributed by atoms with van der Waals surface area (Å²) in [7, 11) is 0. The maximum atomic E-state index is 11.6. The van der Waals surface area contributed by atoms with Crippen LogP contribution in [-0.2, 0) is 4.74 Å². The number of carbonyl (C=O) groups excluding carboxylic acids is 1. The number of esters is 1. The Balaban J connectivity index is 2.44. The molecule has 0 aliphatic rings. The second kappa shape index (κ2) is 5.82. The highest BCUT2D eigenvalue weighted by molar-refractivity contribution is 7.14. The fourth-order valence-electron chi connectivity index (χ4n) is 1.57. The van der Waals surface area contributed by atoms with E-state index >= 15 is 0 Å². The van der Waals surface area contributed by atoms with Crippen LogP contribution in [0.1, 0.15) is 17.3 Å². The van der Waals surface area contributed by atoms with Crippen LogP contribution in [0, 0.1) is 0 Å². The molecule has 0 bridgehead atoms. The lowest BCUT2D eigenvalue weighted by molar-refractivity contribution is 0.0524. The van der Waals surface area contributed by atoms with Gasteiger partial charge < -0.3 is 9.84 Å². The monoisotopic (exact) mass is 316 g/mol. The highest BCUT2D eigenvalue weighted by atomic mass is 35.5. The van der Waals surface area contributed by atoms with Crippen molar-refractivity contribution in [3.8, 4) is 16.2 Å². The van der Waals surface area contributed by atoms with Crippen LogP contribution in [0.3, 0.4) is 0 Å². The van der Waals surface area contributed by atoms with Gasteiger partial charge in [0.05, 0.1) is 16.5 Å². The molecule has 1 aromatic heterocycles. The van der Waals surface area contributed by atoms with Crippen LogP contribution in [-0.4, -0.2) is 17.7 Å². The number of rotatable bonds is 3. The molecular weight excluding hydrogens is 307 g/mol. The van der Waals surface area contributed by atoms with Crippen molar-refractivity contribution in [1.29, 1.82) is 0 Å². The predicted molar refractivity (Wildman–Crippen MR) is 77.4 cm³/mol. The third kappa shape index (κ3) is 2.86. The van der Waals surface area contributed by atoms with Gasteiger partial charge in [-0.05, 0) is 19.1 Å². The zero-order valence-electron chi connectivity index (χ0n) is 9.94. The lowest BCUT2D eigenvalue weighted by Crippen LogP contribution is -2.03. The number of halogens is 2. The van der Waals surface area contributed by atoms with Crippen molar-refractivity contribution in [2.75, 3.05) is 6.61 Å². The number of hydrogen-bond donors (Lipinski definition) is 1. The Morgan fingerprint density at radius 2 is 2.16 bits per heavy atom. The summed E-state index contributed by atoms with van der Waals surface area (Å²) >= 11 is 13.1. The van der Waals surface area contributed by atoms with E-state index in [2.05, 4.69) is 0 Å². The lowest BCUT2D eigenvalue weighted by atomic mass is 10.1. The minimum Gasteiger partial charge on any atom is -0.506 e. The molecule has 0 unspecified atom stereocenters. The summed E-state index contributed by atoms with van der Waals surface area (Å²) in [6.07, 6.45) is 0. The van der Waals surface area contributed by atoms with Crippen LogP contribution in [0.5, 0.6) is 5.75 Å². The van der Waals surface area contributed by atoms with E-state index in [1.165, 1.54) is 11.3 Å². The Hall–Kier alpha value is -1.23. The van der Waals surface area contributed by atoms with Gasteiger partial charge in [-0.2, -0.15) is 0 Å². The molecule has 0 aliphatic heterocycles. The summed E-state index contributed by atoms with van der Waals surface area (Å²) in [4.78, 5) is 12.1. The Kier molecular flexibility index (Phi) is 4.34. The molecule has 1 aromatic carbocycles. The number of aromatic hydroxyl groups is 1. The normalized spacial score (nSPS) is 10.5. The summed E-state index contributed by atoms with van der Waals surface area (Å²) in [6, 6.07) is 4.96. The van der Waals surface area contributed by atoms with Crippen molar-refractivity contribution in [2.24, 2.45) is 0 Å². The SMILES string of the molecule is CCOC(=O)c1csc(-c2ccc(Cl)cc2Cl)c1O. The molecule has 0 saturated carbocycles. The van der Waals surface area contributed by atoms with E-state index in [1.54, 1.807) is 30.5 Å². The Bertz CT molecular complexity index is 622. The van der Waals surface area contributed by atoms with E-state index in [0.29, 0.717) is 20.5 Å². The largest absolute Gasteiger partial charge is 0.506 e. The number of carbonyl (C=O) groups is 1. The van der Waals surface area contributed by atoms with Gasteiger partial charge in [0.2, 0.25) is 0 Å². The second-order valence-electron chi connectivity index (χ2n) is 3.67. The van der Waals surface area contributed by atoms with Gasteiger partial charge in [-0.3, -0.25) is 0 Å². The third-order valence-corrected chi connectivity index (χ3v) is 3.99. The van der Waals surface area contributed by atoms with E-state index in [4.69, 9.17) is 27.9 Å². The van der Waals surface area contributed by atoms with Crippen molar-refractivity contribution >= 4 is 40.5 Å². The third-order valence-electron chi connectivity index (χ3n) is 2.44. The minimum atomic E-state index is -0.549. The van der Waals surface area contributed by atoms with Crippen LogP contribution in [0.25, 0.3) is 10.4 Å². The number of thiophene rings is 1. The average Bonchev–Trinajstić information content (AvgIpc) is 2.72. The van der Waals surface area contributed by atoms with Gasteiger partial charge in [0.15, 0.2) is 0 Å². The average molecular weight is 317 g/mol. The highest BCUT2D eigenvalue weighted by Crippen LogP contribution is 2.42. The van der Waals surface area contributed by atoms with Crippen molar-refractivity contribution in [3.63, 3.8) is 0 Å². The first kappa shape index (κ1) is 14.2. The first-order valence-electron chi connectivity index (χ1n) is 5.47. The Morgan fingerprint density at radius 1 is 1.42 bits per heavy atom. The van der Waals surface area contributed by atoms with Crippen LogP contribution >= 0.6 is 34.5 Å². The van der Waals surface area contributed by atoms with Crippen LogP contribution in [0.15, 0.2) is 23.6 Å². The number of hydrogen-bond acceptors (Lipinski definition) is 4. The van der Waals surface area contributed by atoms with E-state index in [-0.39, 0.29) is 17.9 Å². The smallest absolute Gasteiger partial charge is 0.342 e. The molecule has 3 nitrogen and oxygen atoms in total. The van der Waals surface area contributed by atoms with Gasteiger partial charge in [0.25, 0.3) is 0 Å². The summed E-state index contributed by atoms with van der Waals surface area (Å²) in [6.45, 7) is 1.96. The van der Waals surface area contributed by atoms with E-state index in [9.17, 15) is 9.90 Å². The van der Waals surface area contributed by atoms with Crippen molar-refractivity contribution in [2.45, 2.75) is 6.92 Å². The molecule has 6 heteroatoms. The van der Waals surface area contributed by atoms with Gasteiger partial charge >= 0.3 is 5.97 Å². The topological polar surface area (TPSA) is 46.5 Å². The zero-order chi connectivity index (χ0) is 14.0. The van der Waals surface area contributed by atoms with E-state index < -0.39 is 5.97 Å². The molecular formula is C13H10Cl2O3S. The summed E-state index contributed by atoms with van der Waals surface area (Å²) < 4.78 is 4.86. The molecule has 0 radical (unpaired) electrons. The molecule has 19 heavy (non-hydrogen) atoms. The lowest BCUT2D eigenvalue weighted by Gasteiger charge is -2.04. The van der Waals surface area contributed by atoms with Crippen LogP contribution < -0.4 is 0 Å². The molecule has 1 N–H and O–H groups in total. The first-order valence-corrected chi connectivity index (χ1v) is 7.11. The molecule has 0 aliphatic carbocycles. The maximum absolute atomic E-state index is 11.6. The van der Waals surface area contributed by atoms with E-state index in [1.807, 2.05) is 0 Å². The van der Waals surface area contributed by atoms with E-state index in [0.717, 1.165) is 0 Å². The molecule has 1 heterocycles. The van der Waals surface area contributed by atoms with Gasteiger partial charge in [-0.15, -0.1) is 11.3 Å². The molecule has 100 valence electrons. The Labute approximate surface area is 124 Å². The molecule has 2 aromatic rings. The highest BCUT2D eigenvalue weighted by Gasteiger charge is 2.20. The summed E-state index contributed by atoms with van der Waals surface area (Å²) in [5.41, 5.74) is 0.775. The zero-order valence-corrected chi connectivity index (χ0v) is 12.3. The molecule has 0 fully saturated rings. The maximum Gasteiger partial charge on any atom is 0.342 e. The van der Waals surface area contributed by atoms with Gasteiger partial charge in [0.1, 0.15) is 11.3 Å². The van der Waals surface area contributed by atoms with Crippen molar-refractivity contribution in [3.05, 3.63) is 39.2 Å². The fourth-order valence-corrected chi connectivity index (χ4v) is 3.10. The number of benzene rings is 1. The molecule has 0 atom stereocenters. The van der Waals surface area contributed by atoms with Crippen LogP contribution in [0.4, 0.5) is 0 Å². The first-order chi connectivity index (χ1) is 9.04. The molecule has 0 amide bonds.